The average molecular weight is 382 g/mol. The molecule has 1 aliphatic heterocycles. The molecule has 9 heteroatoms. The second-order valence-electron chi connectivity index (χ2n) is 6.76. The first-order valence-electron chi connectivity index (χ1n) is 8.95. The summed E-state index contributed by atoms with van der Waals surface area (Å²) in [5.74, 6) is 1.80. The van der Waals surface area contributed by atoms with Gasteiger partial charge >= 0.3 is 0 Å². The van der Waals surface area contributed by atoms with Crippen LogP contribution in [0, 0.1) is 17.0 Å². The van der Waals surface area contributed by atoms with Crippen molar-refractivity contribution in [2.45, 2.75) is 25.7 Å². The highest BCUT2D eigenvalue weighted by Crippen LogP contribution is 2.29. The van der Waals surface area contributed by atoms with Crippen LogP contribution in [-0.4, -0.2) is 39.0 Å². The van der Waals surface area contributed by atoms with Crippen molar-refractivity contribution >= 4 is 11.6 Å². The van der Waals surface area contributed by atoms with Crippen LogP contribution in [0.4, 0.5) is 5.69 Å². The van der Waals surface area contributed by atoms with Crippen LogP contribution in [0.2, 0.25) is 0 Å². The number of hydrogen-bond acceptors (Lipinski definition) is 7. The molecule has 1 amide bonds. The monoisotopic (exact) mass is 382 g/mol. The smallest absolute Gasteiger partial charge is 0.270 e. The molecule has 0 N–H and O–H groups in total. The molecule has 3 heterocycles. The minimum Gasteiger partial charge on any atom is -0.458 e. The van der Waals surface area contributed by atoms with Gasteiger partial charge in [0.2, 0.25) is 11.7 Å². The number of rotatable bonds is 4. The predicted octanol–water partition coefficient (Wildman–Crippen LogP) is 3.57. The Morgan fingerprint density at radius 1 is 1.32 bits per heavy atom. The number of nitrogens with zero attached hydrogens (tertiary/aromatic N) is 4. The van der Waals surface area contributed by atoms with Gasteiger partial charge in [-0.05, 0) is 38.0 Å². The van der Waals surface area contributed by atoms with E-state index in [2.05, 4.69) is 10.1 Å². The van der Waals surface area contributed by atoms with Crippen molar-refractivity contribution in [3.63, 3.8) is 0 Å². The molecule has 1 aromatic carbocycles. The SMILES string of the molecule is Cc1ccc(-c2noc([C@@H]3CCCN(C(=O)c4cccc([N+](=O)[O-])c4)C3)n2)o1. The van der Waals surface area contributed by atoms with Gasteiger partial charge in [-0.2, -0.15) is 4.98 Å². The van der Waals surface area contributed by atoms with E-state index in [9.17, 15) is 14.9 Å². The van der Waals surface area contributed by atoms with E-state index in [-0.39, 0.29) is 17.5 Å². The number of aryl methyl sites for hydroxylation is 1. The van der Waals surface area contributed by atoms with Gasteiger partial charge < -0.3 is 13.8 Å². The summed E-state index contributed by atoms with van der Waals surface area (Å²) in [6.07, 6.45) is 1.60. The summed E-state index contributed by atoms with van der Waals surface area (Å²) in [6.45, 7) is 2.83. The quantitative estimate of drug-likeness (QED) is 0.500. The van der Waals surface area contributed by atoms with Crippen molar-refractivity contribution in [1.82, 2.24) is 15.0 Å². The standard InChI is InChI=1S/C19H18N4O5/c1-12-7-8-16(27-12)17-20-18(28-21-17)14-5-3-9-22(11-14)19(24)13-4-2-6-15(10-13)23(25)26/h2,4,6-8,10,14H,3,5,9,11H2,1H3/t14-/m1/s1. The minimum atomic E-state index is -0.508. The fourth-order valence-corrected chi connectivity index (χ4v) is 3.35. The molecule has 0 bridgehead atoms. The second kappa shape index (κ2) is 7.26. The third-order valence-corrected chi connectivity index (χ3v) is 4.76. The van der Waals surface area contributed by atoms with E-state index in [1.807, 2.05) is 13.0 Å². The summed E-state index contributed by atoms with van der Waals surface area (Å²) in [7, 11) is 0. The third kappa shape index (κ3) is 3.51. The van der Waals surface area contributed by atoms with Gasteiger partial charge in [-0.25, -0.2) is 0 Å². The number of non-ortho nitro benzene ring substituents is 1. The van der Waals surface area contributed by atoms with Crippen molar-refractivity contribution in [3.8, 4) is 11.6 Å². The Morgan fingerprint density at radius 2 is 2.18 bits per heavy atom. The molecule has 1 atom stereocenters. The fraction of sp³-hybridized carbons (Fsp3) is 0.316. The molecule has 0 saturated carbocycles. The second-order valence-corrected chi connectivity index (χ2v) is 6.76. The number of carbonyl (C=O) groups is 1. The van der Waals surface area contributed by atoms with Crippen LogP contribution in [0.3, 0.4) is 0 Å². The topological polar surface area (TPSA) is 116 Å². The van der Waals surface area contributed by atoms with Gasteiger partial charge in [0.05, 0.1) is 10.8 Å². The summed E-state index contributed by atoms with van der Waals surface area (Å²) in [6, 6.07) is 9.38. The molecule has 144 valence electrons. The highest BCUT2D eigenvalue weighted by Gasteiger charge is 2.30. The van der Waals surface area contributed by atoms with Crippen LogP contribution < -0.4 is 0 Å². The van der Waals surface area contributed by atoms with E-state index in [0.29, 0.717) is 36.1 Å². The molecule has 1 saturated heterocycles. The Hall–Kier alpha value is -3.49. The van der Waals surface area contributed by atoms with E-state index in [1.165, 1.54) is 18.2 Å². The van der Waals surface area contributed by atoms with Crippen LogP contribution in [0.1, 0.15) is 40.8 Å². The fourth-order valence-electron chi connectivity index (χ4n) is 3.35. The Bertz CT molecular complexity index is 1020. The maximum atomic E-state index is 12.8. The van der Waals surface area contributed by atoms with Gasteiger partial charge in [0.15, 0.2) is 5.76 Å². The van der Waals surface area contributed by atoms with Crippen LogP contribution in [0.5, 0.6) is 0 Å². The maximum Gasteiger partial charge on any atom is 0.270 e. The number of furan rings is 1. The number of piperidine rings is 1. The molecule has 3 aromatic rings. The summed E-state index contributed by atoms with van der Waals surface area (Å²) in [5.41, 5.74) is 0.196. The highest BCUT2D eigenvalue weighted by molar-refractivity contribution is 5.95. The number of hydrogen-bond donors (Lipinski definition) is 0. The van der Waals surface area contributed by atoms with E-state index in [1.54, 1.807) is 17.0 Å². The maximum absolute atomic E-state index is 12.8. The summed E-state index contributed by atoms with van der Waals surface area (Å²) >= 11 is 0. The van der Waals surface area contributed by atoms with Crippen LogP contribution in [0.15, 0.2) is 45.3 Å². The minimum absolute atomic E-state index is 0.0892. The highest BCUT2D eigenvalue weighted by atomic mass is 16.6. The number of likely N-dealkylation sites (tertiary alicyclic amines) is 1. The van der Waals surface area contributed by atoms with Crippen LogP contribution >= 0.6 is 0 Å². The zero-order valence-corrected chi connectivity index (χ0v) is 15.2. The van der Waals surface area contributed by atoms with Gasteiger partial charge in [0.1, 0.15) is 5.76 Å². The van der Waals surface area contributed by atoms with Crippen LogP contribution in [0.25, 0.3) is 11.6 Å². The van der Waals surface area contributed by atoms with Crippen molar-refractivity contribution < 1.29 is 18.7 Å². The van der Waals surface area contributed by atoms with Crippen molar-refractivity contribution in [3.05, 3.63) is 63.7 Å². The Kier molecular flexibility index (Phi) is 4.64. The van der Waals surface area contributed by atoms with E-state index >= 15 is 0 Å². The van der Waals surface area contributed by atoms with Gasteiger partial charge in [-0.3, -0.25) is 14.9 Å². The van der Waals surface area contributed by atoms with Gasteiger partial charge in [0, 0.05) is 30.8 Å². The van der Waals surface area contributed by atoms with Crippen molar-refractivity contribution in [1.29, 1.82) is 0 Å². The molecular weight excluding hydrogens is 364 g/mol. The Balaban J connectivity index is 1.50. The zero-order chi connectivity index (χ0) is 19.7. The van der Waals surface area contributed by atoms with Gasteiger partial charge in [-0.1, -0.05) is 11.2 Å². The number of aromatic nitrogens is 2. The predicted molar refractivity (Wildman–Crippen MR) is 97.7 cm³/mol. The molecule has 1 aliphatic rings. The molecule has 0 spiro atoms. The van der Waals surface area contributed by atoms with Crippen molar-refractivity contribution in [2.24, 2.45) is 0 Å². The summed E-state index contributed by atoms with van der Waals surface area (Å²) in [5, 5.41) is 14.9. The molecule has 0 radical (unpaired) electrons. The van der Waals surface area contributed by atoms with E-state index in [4.69, 9.17) is 8.94 Å². The largest absolute Gasteiger partial charge is 0.458 e. The molecule has 2 aromatic heterocycles. The number of nitro benzene ring substituents is 1. The molecular formula is C19H18N4O5. The lowest BCUT2D eigenvalue weighted by Crippen LogP contribution is -2.39. The van der Waals surface area contributed by atoms with E-state index < -0.39 is 4.92 Å². The average Bonchev–Trinajstić information content (AvgIpc) is 3.37. The van der Waals surface area contributed by atoms with Gasteiger partial charge in [-0.15, -0.1) is 0 Å². The first-order valence-corrected chi connectivity index (χ1v) is 8.95. The Morgan fingerprint density at radius 3 is 2.93 bits per heavy atom. The summed E-state index contributed by atoms with van der Waals surface area (Å²) < 4.78 is 10.9. The number of carbonyl (C=O) groups excluding carboxylic acids is 1. The molecule has 9 nitrogen and oxygen atoms in total. The Labute approximate surface area is 160 Å². The first kappa shape index (κ1) is 17.9. The van der Waals surface area contributed by atoms with E-state index in [0.717, 1.165) is 18.6 Å². The zero-order valence-electron chi connectivity index (χ0n) is 15.2. The molecule has 4 rings (SSSR count). The molecule has 28 heavy (non-hydrogen) atoms. The number of amides is 1. The lowest BCUT2D eigenvalue weighted by molar-refractivity contribution is -0.384. The third-order valence-electron chi connectivity index (χ3n) is 4.76. The lowest BCUT2D eigenvalue weighted by atomic mass is 9.97. The first-order chi connectivity index (χ1) is 13.5. The molecule has 0 unspecified atom stereocenters. The summed E-state index contributed by atoms with van der Waals surface area (Å²) in [4.78, 5) is 29.3. The van der Waals surface area contributed by atoms with Crippen molar-refractivity contribution in [2.75, 3.05) is 13.1 Å². The number of benzene rings is 1. The van der Waals surface area contributed by atoms with Crippen LogP contribution in [-0.2, 0) is 0 Å². The lowest BCUT2D eigenvalue weighted by Gasteiger charge is -2.31. The number of nitro groups is 1. The normalized spacial score (nSPS) is 16.9. The molecule has 1 fully saturated rings. The van der Waals surface area contributed by atoms with Gasteiger partial charge in [0.25, 0.3) is 11.6 Å². The molecule has 0 aliphatic carbocycles.